The van der Waals surface area contributed by atoms with Crippen molar-refractivity contribution in [2.75, 3.05) is 0 Å². The smallest absolute Gasteiger partial charge is 0.303 e. The Balaban J connectivity index is 1.84. The molecule has 0 heterocycles. The molecule has 28 heavy (non-hydrogen) atoms. The second kappa shape index (κ2) is 12.0. The first-order valence-electron chi connectivity index (χ1n) is 11.0. The lowest BCUT2D eigenvalue weighted by Crippen LogP contribution is -2.13. The van der Waals surface area contributed by atoms with Gasteiger partial charge in [-0.15, -0.1) is 0 Å². The molecule has 2 rings (SSSR count). The predicted octanol–water partition coefficient (Wildman–Crippen LogP) is 5.79. The van der Waals surface area contributed by atoms with Crippen LogP contribution in [0.5, 0.6) is 0 Å². The van der Waals surface area contributed by atoms with E-state index in [0.717, 1.165) is 69.8 Å². The number of carboxylic acid groups (broad SMARTS) is 1. The van der Waals surface area contributed by atoms with E-state index in [1.165, 1.54) is 5.56 Å². The summed E-state index contributed by atoms with van der Waals surface area (Å²) in [5, 5.41) is 19.0. The van der Waals surface area contributed by atoms with Crippen LogP contribution < -0.4 is 0 Å². The Morgan fingerprint density at radius 3 is 2.46 bits per heavy atom. The van der Waals surface area contributed by atoms with Crippen LogP contribution in [0.4, 0.5) is 0 Å². The molecule has 0 amide bonds. The molecule has 4 heteroatoms. The molecule has 0 aromatic heterocycles. The minimum atomic E-state index is -0.732. The number of unbranched alkanes of at least 4 members (excludes halogenated alkanes) is 5. The molecule has 0 unspecified atom stereocenters. The number of carboxylic acids is 1. The number of aliphatic carboxylic acids is 1. The van der Waals surface area contributed by atoms with E-state index in [-0.39, 0.29) is 18.3 Å². The van der Waals surface area contributed by atoms with E-state index < -0.39 is 12.1 Å². The lowest BCUT2D eigenvalue weighted by Gasteiger charge is -2.20. The minimum Gasteiger partial charge on any atom is -0.481 e. The summed E-state index contributed by atoms with van der Waals surface area (Å²) in [6.07, 6.45) is 10.1. The third-order valence-electron chi connectivity index (χ3n) is 6.09. The van der Waals surface area contributed by atoms with Crippen molar-refractivity contribution < 1.29 is 19.8 Å². The molecule has 156 valence electrons. The molecule has 4 nitrogen and oxygen atoms in total. The fourth-order valence-corrected chi connectivity index (χ4v) is 4.38. The van der Waals surface area contributed by atoms with Gasteiger partial charge in [0, 0.05) is 18.8 Å². The first kappa shape index (κ1) is 22.6. The van der Waals surface area contributed by atoms with Crippen LogP contribution in [0, 0.1) is 5.92 Å². The van der Waals surface area contributed by atoms with Crippen molar-refractivity contribution in [2.24, 2.45) is 5.92 Å². The highest BCUT2D eigenvalue weighted by molar-refractivity contribution is 5.84. The largest absolute Gasteiger partial charge is 0.481 e. The van der Waals surface area contributed by atoms with Gasteiger partial charge in [0.2, 0.25) is 0 Å². The van der Waals surface area contributed by atoms with Crippen molar-refractivity contribution in [3.63, 3.8) is 0 Å². The summed E-state index contributed by atoms with van der Waals surface area (Å²) >= 11 is 0. The molecule has 1 aromatic rings. The van der Waals surface area contributed by atoms with E-state index in [0.29, 0.717) is 12.2 Å². The maximum Gasteiger partial charge on any atom is 0.303 e. The van der Waals surface area contributed by atoms with E-state index >= 15 is 0 Å². The fraction of sp³-hybridized carbons (Fsp3) is 0.667. The molecule has 1 saturated carbocycles. The lowest BCUT2D eigenvalue weighted by molar-refractivity contribution is -0.137. The van der Waals surface area contributed by atoms with Crippen molar-refractivity contribution in [1.82, 2.24) is 0 Å². The van der Waals surface area contributed by atoms with E-state index in [4.69, 9.17) is 5.11 Å². The normalized spacial score (nSPS) is 20.4. The third kappa shape index (κ3) is 7.05. The Kier molecular flexibility index (Phi) is 9.69. The predicted molar refractivity (Wildman–Crippen MR) is 111 cm³/mol. The molecule has 2 N–H and O–H groups in total. The molecule has 1 fully saturated rings. The van der Waals surface area contributed by atoms with E-state index in [1.54, 1.807) is 0 Å². The minimum absolute atomic E-state index is 0.0970. The molecule has 0 bridgehead atoms. The van der Waals surface area contributed by atoms with Gasteiger partial charge in [-0.2, -0.15) is 0 Å². The van der Waals surface area contributed by atoms with Crippen molar-refractivity contribution >= 4 is 11.8 Å². The first-order chi connectivity index (χ1) is 13.5. The van der Waals surface area contributed by atoms with E-state index in [9.17, 15) is 14.7 Å². The molecule has 0 saturated heterocycles. The van der Waals surface area contributed by atoms with Gasteiger partial charge in [-0.05, 0) is 42.7 Å². The van der Waals surface area contributed by atoms with Crippen LogP contribution in [0.3, 0.4) is 0 Å². The molecule has 1 aromatic carbocycles. The van der Waals surface area contributed by atoms with Gasteiger partial charge < -0.3 is 10.2 Å². The highest BCUT2D eigenvalue weighted by Gasteiger charge is 2.34. The Hall–Kier alpha value is -1.68. The van der Waals surface area contributed by atoms with Crippen LogP contribution in [-0.2, 0) is 9.59 Å². The van der Waals surface area contributed by atoms with Gasteiger partial charge in [0.05, 0.1) is 6.10 Å². The van der Waals surface area contributed by atoms with Crippen LogP contribution in [0.1, 0.15) is 107 Å². The number of hydrogen-bond acceptors (Lipinski definition) is 3. The topological polar surface area (TPSA) is 74.6 Å². The summed E-state index contributed by atoms with van der Waals surface area (Å²) < 4.78 is 0. The van der Waals surface area contributed by atoms with E-state index in [1.807, 2.05) is 12.1 Å². The zero-order chi connectivity index (χ0) is 20.4. The zero-order valence-electron chi connectivity index (χ0n) is 17.2. The van der Waals surface area contributed by atoms with Gasteiger partial charge in [-0.3, -0.25) is 9.59 Å². The highest BCUT2D eigenvalue weighted by Crippen LogP contribution is 2.40. The summed E-state index contributed by atoms with van der Waals surface area (Å²) in [6, 6.07) is 8.25. The maximum absolute atomic E-state index is 12.4. The molecule has 0 aliphatic heterocycles. The standard InChI is InChI=1S/C24H36O4/c1-2-3-6-10-22(25)19-14-12-18(13-15-19)20-16-17-23(26)21(20)9-7-4-5-8-11-24(27)28/h12-15,20-22,25H,2-11,16-17H2,1H3,(H,27,28)/t20-,21+,22+/m1/s1. The Morgan fingerprint density at radius 2 is 1.79 bits per heavy atom. The number of aliphatic hydroxyl groups is 1. The summed E-state index contributed by atoms with van der Waals surface area (Å²) in [4.78, 5) is 22.9. The van der Waals surface area contributed by atoms with Crippen molar-refractivity contribution in [3.05, 3.63) is 35.4 Å². The van der Waals surface area contributed by atoms with Crippen LogP contribution in [0.25, 0.3) is 0 Å². The average molecular weight is 389 g/mol. The summed E-state index contributed by atoms with van der Waals surface area (Å²) in [5.41, 5.74) is 2.19. The average Bonchev–Trinajstić information content (AvgIpc) is 3.05. The summed E-state index contributed by atoms with van der Waals surface area (Å²) in [5.74, 6) is 0.0294. The maximum atomic E-state index is 12.4. The molecule has 1 aliphatic carbocycles. The number of ketones is 1. The second-order valence-electron chi connectivity index (χ2n) is 8.24. The molecule has 1 aliphatic rings. The Bertz CT molecular complexity index is 608. The first-order valence-corrected chi connectivity index (χ1v) is 11.0. The van der Waals surface area contributed by atoms with E-state index in [2.05, 4.69) is 19.1 Å². The number of Topliss-reactive ketones (excluding diaryl/α,β-unsaturated/α-hetero) is 1. The monoisotopic (exact) mass is 388 g/mol. The number of hydrogen-bond donors (Lipinski definition) is 2. The number of carbonyl (C=O) groups is 2. The van der Waals surface area contributed by atoms with Crippen LogP contribution in [-0.4, -0.2) is 22.0 Å². The van der Waals surface area contributed by atoms with Gasteiger partial charge in [0.15, 0.2) is 0 Å². The number of carbonyl (C=O) groups excluding carboxylic acids is 1. The van der Waals surface area contributed by atoms with Gasteiger partial charge in [0.1, 0.15) is 5.78 Å². The third-order valence-corrected chi connectivity index (χ3v) is 6.09. The van der Waals surface area contributed by atoms with Crippen molar-refractivity contribution in [2.45, 2.75) is 96.0 Å². The number of rotatable bonds is 13. The van der Waals surface area contributed by atoms with Gasteiger partial charge in [-0.25, -0.2) is 0 Å². The second-order valence-corrected chi connectivity index (χ2v) is 8.24. The number of aliphatic hydroxyl groups excluding tert-OH is 1. The quantitative estimate of drug-likeness (QED) is 0.420. The van der Waals surface area contributed by atoms with Crippen LogP contribution in [0.2, 0.25) is 0 Å². The molecule has 0 radical (unpaired) electrons. The van der Waals surface area contributed by atoms with Gasteiger partial charge in [0.25, 0.3) is 0 Å². The summed E-state index contributed by atoms with van der Waals surface area (Å²) in [7, 11) is 0. The zero-order valence-corrected chi connectivity index (χ0v) is 17.2. The molecular weight excluding hydrogens is 352 g/mol. The number of benzene rings is 1. The summed E-state index contributed by atoms with van der Waals surface area (Å²) in [6.45, 7) is 2.16. The molecule has 3 atom stereocenters. The lowest BCUT2D eigenvalue weighted by atomic mass is 9.84. The van der Waals surface area contributed by atoms with Gasteiger partial charge in [-0.1, -0.05) is 69.7 Å². The fourth-order valence-electron chi connectivity index (χ4n) is 4.38. The SMILES string of the molecule is CCCCC[C@H](O)c1ccc([C@H]2CCC(=O)[C@H]2CCCCCCC(=O)O)cc1. The molecular formula is C24H36O4. The highest BCUT2D eigenvalue weighted by atomic mass is 16.4. The van der Waals surface area contributed by atoms with Crippen LogP contribution in [0.15, 0.2) is 24.3 Å². The van der Waals surface area contributed by atoms with Crippen LogP contribution >= 0.6 is 0 Å². The molecule has 0 spiro atoms. The van der Waals surface area contributed by atoms with Crippen molar-refractivity contribution in [3.8, 4) is 0 Å². The Morgan fingerprint density at radius 1 is 1.07 bits per heavy atom. The van der Waals surface area contributed by atoms with Gasteiger partial charge >= 0.3 is 5.97 Å². The van der Waals surface area contributed by atoms with Crippen molar-refractivity contribution in [1.29, 1.82) is 0 Å². The Labute approximate surface area is 169 Å².